The molecular formula is C16H22N2O3S. The zero-order valence-corrected chi connectivity index (χ0v) is 14.1. The van der Waals surface area contributed by atoms with Crippen LogP contribution in [0.25, 0.3) is 6.08 Å². The third-order valence-corrected chi connectivity index (χ3v) is 4.25. The molecule has 0 unspecified atom stereocenters. The number of thiophene rings is 1. The molecule has 1 aromatic rings. The predicted molar refractivity (Wildman–Crippen MR) is 90.7 cm³/mol. The zero-order chi connectivity index (χ0) is 16.1. The van der Waals surface area contributed by atoms with Crippen LogP contribution >= 0.6 is 11.3 Å². The van der Waals surface area contributed by atoms with Gasteiger partial charge in [0.1, 0.15) is 12.1 Å². The van der Waals surface area contributed by atoms with Crippen molar-refractivity contribution in [3.63, 3.8) is 0 Å². The van der Waals surface area contributed by atoms with Crippen molar-refractivity contribution in [1.82, 2.24) is 0 Å². The van der Waals surface area contributed by atoms with E-state index < -0.39 is 12.1 Å². The van der Waals surface area contributed by atoms with Crippen molar-refractivity contribution in [2.24, 2.45) is 15.9 Å². The molecule has 22 heavy (non-hydrogen) atoms. The van der Waals surface area contributed by atoms with Crippen LogP contribution in [0.3, 0.4) is 0 Å². The fourth-order valence-electron chi connectivity index (χ4n) is 2.23. The molecule has 0 spiro atoms. The number of aliphatic hydroxyl groups is 1. The maximum absolute atomic E-state index is 10.4. The third kappa shape index (κ3) is 3.75. The second kappa shape index (κ2) is 7.56. The molecule has 6 heteroatoms. The number of nitrogens with zero attached hydrogens (tertiary/aromatic N) is 2. The summed E-state index contributed by atoms with van der Waals surface area (Å²) in [5.74, 6) is 1.20. The maximum Gasteiger partial charge on any atom is 0.212 e. The van der Waals surface area contributed by atoms with E-state index in [4.69, 9.17) is 9.47 Å². The van der Waals surface area contributed by atoms with E-state index in [1.165, 1.54) is 0 Å². The smallest absolute Gasteiger partial charge is 0.212 e. The summed E-state index contributed by atoms with van der Waals surface area (Å²) in [5.41, 5.74) is 0. The van der Waals surface area contributed by atoms with Crippen molar-refractivity contribution in [2.75, 3.05) is 14.2 Å². The molecule has 1 aromatic heterocycles. The van der Waals surface area contributed by atoms with E-state index in [9.17, 15) is 5.11 Å². The molecule has 0 aliphatic carbocycles. The van der Waals surface area contributed by atoms with E-state index in [0.717, 1.165) is 4.88 Å². The Bertz CT molecular complexity index is 564. The molecule has 0 radical (unpaired) electrons. The molecule has 1 N–H and O–H groups in total. The maximum atomic E-state index is 10.4. The fraction of sp³-hybridized carbons (Fsp3) is 0.500. The topological polar surface area (TPSA) is 63.4 Å². The minimum absolute atomic E-state index is 0.176. The van der Waals surface area contributed by atoms with Gasteiger partial charge in [0.25, 0.3) is 0 Å². The van der Waals surface area contributed by atoms with E-state index in [0.29, 0.717) is 11.8 Å². The summed E-state index contributed by atoms with van der Waals surface area (Å²) in [6.45, 7) is 4.09. The highest BCUT2D eigenvalue weighted by molar-refractivity contribution is 7.10. The van der Waals surface area contributed by atoms with Crippen molar-refractivity contribution in [3.8, 4) is 0 Å². The van der Waals surface area contributed by atoms with Gasteiger partial charge in [0.15, 0.2) is 6.04 Å². The summed E-state index contributed by atoms with van der Waals surface area (Å²) < 4.78 is 10.7. The summed E-state index contributed by atoms with van der Waals surface area (Å²) in [5, 5.41) is 12.4. The summed E-state index contributed by atoms with van der Waals surface area (Å²) in [6, 6.07) is 3.20. The molecular weight excluding hydrogens is 300 g/mol. The van der Waals surface area contributed by atoms with Crippen LogP contribution in [0.1, 0.15) is 18.7 Å². The molecule has 2 rings (SSSR count). The van der Waals surface area contributed by atoms with Gasteiger partial charge >= 0.3 is 0 Å². The second-order valence-corrected chi connectivity index (χ2v) is 6.32. The van der Waals surface area contributed by atoms with Crippen LogP contribution in [0.2, 0.25) is 0 Å². The molecule has 1 aliphatic heterocycles. The largest absolute Gasteiger partial charge is 0.483 e. The lowest BCUT2D eigenvalue weighted by molar-refractivity contribution is 0.197. The molecule has 0 bridgehead atoms. The van der Waals surface area contributed by atoms with E-state index in [2.05, 4.69) is 9.98 Å². The molecule has 0 saturated carbocycles. The monoisotopic (exact) mass is 322 g/mol. The fourth-order valence-corrected chi connectivity index (χ4v) is 2.85. The second-order valence-electron chi connectivity index (χ2n) is 5.34. The number of hydrogen-bond donors (Lipinski definition) is 1. The molecule has 3 atom stereocenters. The Morgan fingerprint density at radius 2 is 1.82 bits per heavy atom. The third-order valence-electron chi connectivity index (χ3n) is 3.41. The van der Waals surface area contributed by atoms with Crippen LogP contribution in [0, 0.1) is 5.92 Å². The number of hydrogen-bond acceptors (Lipinski definition) is 6. The van der Waals surface area contributed by atoms with Crippen molar-refractivity contribution in [1.29, 1.82) is 0 Å². The molecule has 5 nitrogen and oxygen atoms in total. The first kappa shape index (κ1) is 16.7. The highest BCUT2D eigenvalue weighted by Gasteiger charge is 2.33. The van der Waals surface area contributed by atoms with Gasteiger partial charge in [0.2, 0.25) is 11.8 Å². The first-order chi connectivity index (χ1) is 10.6. The number of methoxy groups -OCH3 is 2. The van der Waals surface area contributed by atoms with Crippen molar-refractivity contribution < 1.29 is 14.6 Å². The van der Waals surface area contributed by atoms with Crippen LogP contribution in [-0.4, -0.2) is 49.3 Å². The van der Waals surface area contributed by atoms with Gasteiger partial charge in [-0.25, -0.2) is 9.98 Å². The average Bonchev–Trinajstić information content (AvgIpc) is 3.04. The van der Waals surface area contributed by atoms with Gasteiger partial charge in [-0.2, -0.15) is 0 Å². The Morgan fingerprint density at radius 3 is 2.36 bits per heavy atom. The SMILES string of the molecule is COC1=N[C@H](C(C)C)C(OC)=N[C@H]1[C@H](O)/C=C/c1cccs1. The number of ether oxygens (including phenoxy) is 2. The van der Waals surface area contributed by atoms with Crippen LogP contribution in [0.4, 0.5) is 0 Å². The summed E-state index contributed by atoms with van der Waals surface area (Å²) in [6.07, 6.45) is 2.76. The van der Waals surface area contributed by atoms with Crippen LogP contribution in [0.5, 0.6) is 0 Å². The van der Waals surface area contributed by atoms with Gasteiger partial charge in [-0.05, 0) is 23.4 Å². The summed E-state index contributed by atoms with van der Waals surface area (Å²) in [7, 11) is 3.12. The lowest BCUT2D eigenvalue weighted by atomic mass is 10.0. The van der Waals surface area contributed by atoms with Gasteiger partial charge in [0.05, 0.1) is 14.2 Å². The minimum Gasteiger partial charge on any atom is -0.483 e. The van der Waals surface area contributed by atoms with Gasteiger partial charge in [-0.1, -0.05) is 26.0 Å². The zero-order valence-electron chi connectivity index (χ0n) is 13.3. The Morgan fingerprint density at radius 1 is 1.18 bits per heavy atom. The number of aliphatic hydroxyl groups excluding tert-OH is 1. The van der Waals surface area contributed by atoms with Gasteiger partial charge in [0, 0.05) is 4.88 Å². The number of aliphatic imine (C=N–C) groups is 2. The molecule has 0 amide bonds. The lowest BCUT2D eigenvalue weighted by Crippen LogP contribution is -2.42. The van der Waals surface area contributed by atoms with Crippen LogP contribution in [0.15, 0.2) is 33.6 Å². The number of rotatable bonds is 4. The van der Waals surface area contributed by atoms with Gasteiger partial charge in [-0.3, -0.25) is 0 Å². The van der Waals surface area contributed by atoms with Crippen molar-refractivity contribution in [3.05, 3.63) is 28.5 Å². The van der Waals surface area contributed by atoms with Gasteiger partial charge in [-0.15, -0.1) is 11.3 Å². The summed E-state index contributed by atoms with van der Waals surface area (Å²) >= 11 is 1.61. The minimum atomic E-state index is -0.820. The van der Waals surface area contributed by atoms with Crippen LogP contribution < -0.4 is 0 Å². The molecule has 0 aromatic carbocycles. The highest BCUT2D eigenvalue weighted by atomic mass is 32.1. The van der Waals surface area contributed by atoms with Crippen LogP contribution in [-0.2, 0) is 9.47 Å². The van der Waals surface area contributed by atoms with Gasteiger partial charge < -0.3 is 14.6 Å². The average molecular weight is 322 g/mol. The van der Waals surface area contributed by atoms with E-state index in [-0.39, 0.29) is 12.0 Å². The molecule has 120 valence electrons. The highest BCUT2D eigenvalue weighted by Crippen LogP contribution is 2.20. The molecule has 0 fully saturated rings. The Labute approximate surface area is 135 Å². The van der Waals surface area contributed by atoms with E-state index >= 15 is 0 Å². The molecule has 0 saturated heterocycles. The Balaban J connectivity index is 2.21. The first-order valence-electron chi connectivity index (χ1n) is 7.20. The van der Waals surface area contributed by atoms with Crippen molar-refractivity contribution >= 4 is 29.2 Å². The first-order valence-corrected chi connectivity index (χ1v) is 8.08. The Kier molecular flexibility index (Phi) is 5.74. The Hall–Kier alpha value is -1.66. The normalized spacial score (nSPS) is 23.4. The predicted octanol–water partition coefficient (Wildman–Crippen LogP) is 2.62. The summed E-state index contributed by atoms with van der Waals surface area (Å²) in [4.78, 5) is 10.1. The standard InChI is InChI=1S/C16H22N2O3S/c1-10(2)13-15(20-3)18-14(16(17-13)21-4)12(19)8-7-11-6-5-9-22-11/h5-10,12-14,19H,1-4H3/b8-7+/t12-,13-,14+/m1/s1. The quantitative estimate of drug-likeness (QED) is 0.927. The van der Waals surface area contributed by atoms with E-state index in [1.54, 1.807) is 31.6 Å². The van der Waals surface area contributed by atoms with Crippen molar-refractivity contribution in [2.45, 2.75) is 32.0 Å². The molecule has 1 aliphatic rings. The lowest BCUT2D eigenvalue weighted by Gasteiger charge is -2.28. The molecule has 2 heterocycles. The van der Waals surface area contributed by atoms with E-state index in [1.807, 2.05) is 37.4 Å².